The Labute approximate surface area is 120 Å². The maximum absolute atomic E-state index is 13.8. The van der Waals surface area contributed by atoms with Gasteiger partial charge in [-0.15, -0.1) is 0 Å². The second-order valence-corrected chi connectivity index (χ2v) is 4.98. The molecule has 2 rings (SSSR count). The summed E-state index contributed by atoms with van der Waals surface area (Å²) in [6.07, 6.45) is 0. The number of pyridine rings is 1. The van der Waals surface area contributed by atoms with Crippen LogP contribution in [0.4, 0.5) is 14.6 Å². The van der Waals surface area contributed by atoms with Gasteiger partial charge in [-0.05, 0) is 25.1 Å². The van der Waals surface area contributed by atoms with Gasteiger partial charge in [-0.3, -0.25) is 0 Å². The first-order valence-electron chi connectivity index (χ1n) is 6.06. The Bertz CT molecular complexity index is 608. The summed E-state index contributed by atoms with van der Waals surface area (Å²) >= 11 is 1.12. The average molecular weight is 296 g/mol. The Morgan fingerprint density at radius 3 is 2.75 bits per heavy atom. The number of halogens is 2. The fourth-order valence-corrected chi connectivity index (χ4v) is 2.43. The normalized spacial score (nSPS) is 10.4. The highest BCUT2D eigenvalue weighted by Crippen LogP contribution is 2.32. The Kier molecular flexibility index (Phi) is 4.79. The van der Waals surface area contributed by atoms with E-state index in [-0.39, 0.29) is 10.8 Å². The SMILES string of the molecule is CCNc1nc(Sc2cccc(OC)c2)c(F)cc1F. The summed E-state index contributed by atoms with van der Waals surface area (Å²) in [6, 6.07) is 8.01. The van der Waals surface area contributed by atoms with E-state index in [9.17, 15) is 8.78 Å². The zero-order valence-electron chi connectivity index (χ0n) is 11.1. The molecule has 3 nitrogen and oxygen atoms in total. The van der Waals surface area contributed by atoms with Crippen LogP contribution >= 0.6 is 11.8 Å². The topological polar surface area (TPSA) is 34.2 Å². The Hall–Kier alpha value is -1.82. The van der Waals surface area contributed by atoms with E-state index in [1.807, 2.05) is 13.0 Å². The molecule has 0 amide bonds. The van der Waals surface area contributed by atoms with Crippen molar-refractivity contribution in [1.29, 1.82) is 0 Å². The van der Waals surface area contributed by atoms with E-state index in [0.717, 1.165) is 22.7 Å². The lowest BCUT2D eigenvalue weighted by Crippen LogP contribution is -2.04. The van der Waals surface area contributed by atoms with E-state index in [4.69, 9.17) is 4.74 Å². The molecule has 1 heterocycles. The van der Waals surface area contributed by atoms with Crippen LogP contribution in [0.1, 0.15) is 6.92 Å². The Balaban J connectivity index is 2.30. The van der Waals surface area contributed by atoms with Crippen LogP contribution in [-0.4, -0.2) is 18.6 Å². The molecule has 0 aliphatic carbocycles. The van der Waals surface area contributed by atoms with Gasteiger partial charge in [0, 0.05) is 17.5 Å². The van der Waals surface area contributed by atoms with Gasteiger partial charge in [0.25, 0.3) is 0 Å². The summed E-state index contributed by atoms with van der Waals surface area (Å²) in [5.74, 6) is -0.653. The molecule has 20 heavy (non-hydrogen) atoms. The van der Waals surface area contributed by atoms with Gasteiger partial charge in [0.05, 0.1) is 7.11 Å². The maximum atomic E-state index is 13.8. The smallest absolute Gasteiger partial charge is 0.168 e. The van der Waals surface area contributed by atoms with E-state index in [1.54, 1.807) is 25.3 Å². The third-order valence-electron chi connectivity index (χ3n) is 2.50. The molecular formula is C14H14F2N2OS. The summed E-state index contributed by atoms with van der Waals surface area (Å²) in [6.45, 7) is 2.33. The number of benzene rings is 1. The highest BCUT2D eigenvalue weighted by molar-refractivity contribution is 7.99. The van der Waals surface area contributed by atoms with Crippen molar-refractivity contribution in [3.63, 3.8) is 0 Å². The van der Waals surface area contributed by atoms with Crippen molar-refractivity contribution in [2.24, 2.45) is 0 Å². The van der Waals surface area contributed by atoms with Gasteiger partial charge in [-0.1, -0.05) is 17.8 Å². The van der Waals surface area contributed by atoms with Gasteiger partial charge in [0.15, 0.2) is 17.5 Å². The van der Waals surface area contributed by atoms with Crippen LogP contribution < -0.4 is 10.1 Å². The monoisotopic (exact) mass is 296 g/mol. The summed E-state index contributed by atoms with van der Waals surface area (Å²) in [5.41, 5.74) is 0. The average Bonchev–Trinajstić information content (AvgIpc) is 2.44. The van der Waals surface area contributed by atoms with Gasteiger partial charge < -0.3 is 10.1 Å². The molecule has 0 unspecified atom stereocenters. The first-order valence-corrected chi connectivity index (χ1v) is 6.87. The maximum Gasteiger partial charge on any atom is 0.168 e. The number of hydrogen-bond acceptors (Lipinski definition) is 4. The third-order valence-corrected chi connectivity index (χ3v) is 3.47. The molecule has 0 aliphatic rings. The van der Waals surface area contributed by atoms with Crippen LogP contribution in [0.15, 0.2) is 40.3 Å². The van der Waals surface area contributed by atoms with Gasteiger partial charge in [-0.25, -0.2) is 13.8 Å². The van der Waals surface area contributed by atoms with Crippen LogP contribution in [-0.2, 0) is 0 Å². The Morgan fingerprint density at radius 1 is 1.25 bits per heavy atom. The summed E-state index contributed by atoms with van der Waals surface area (Å²) < 4.78 is 32.3. The van der Waals surface area contributed by atoms with Crippen molar-refractivity contribution in [1.82, 2.24) is 4.98 Å². The van der Waals surface area contributed by atoms with Crippen LogP contribution in [0.2, 0.25) is 0 Å². The van der Waals surface area contributed by atoms with Gasteiger partial charge in [0.1, 0.15) is 10.8 Å². The largest absolute Gasteiger partial charge is 0.497 e. The predicted molar refractivity (Wildman–Crippen MR) is 75.4 cm³/mol. The first kappa shape index (κ1) is 14.6. The van der Waals surface area contributed by atoms with Crippen LogP contribution in [0, 0.1) is 11.6 Å². The van der Waals surface area contributed by atoms with Crippen LogP contribution in [0.3, 0.4) is 0 Å². The first-order chi connectivity index (χ1) is 9.63. The molecule has 0 saturated carbocycles. The molecule has 0 spiro atoms. The molecule has 0 atom stereocenters. The molecule has 1 N–H and O–H groups in total. The molecule has 1 aromatic carbocycles. The number of rotatable bonds is 5. The summed E-state index contributed by atoms with van der Waals surface area (Å²) in [5, 5.41) is 2.88. The number of nitrogens with one attached hydrogen (secondary N) is 1. The molecule has 0 fully saturated rings. The van der Waals surface area contributed by atoms with E-state index >= 15 is 0 Å². The molecule has 1 aromatic heterocycles. The van der Waals surface area contributed by atoms with Crippen LogP contribution in [0.5, 0.6) is 5.75 Å². The van der Waals surface area contributed by atoms with Crippen molar-refractivity contribution in [2.75, 3.05) is 19.0 Å². The number of ether oxygens (including phenoxy) is 1. The van der Waals surface area contributed by atoms with E-state index < -0.39 is 11.6 Å². The highest BCUT2D eigenvalue weighted by Gasteiger charge is 2.13. The third kappa shape index (κ3) is 3.39. The van der Waals surface area contributed by atoms with Crippen molar-refractivity contribution >= 4 is 17.6 Å². The zero-order valence-corrected chi connectivity index (χ0v) is 11.9. The van der Waals surface area contributed by atoms with Crippen LogP contribution in [0.25, 0.3) is 0 Å². The molecular weight excluding hydrogens is 282 g/mol. The molecule has 0 aliphatic heterocycles. The van der Waals surface area contributed by atoms with E-state index in [2.05, 4.69) is 10.3 Å². The summed E-state index contributed by atoms with van der Waals surface area (Å²) in [4.78, 5) is 4.74. The molecule has 106 valence electrons. The fourth-order valence-electron chi connectivity index (χ4n) is 1.59. The minimum Gasteiger partial charge on any atom is -0.497 e. The zero-order chi connectivity index (χ0) is 14.5. The molecule has 0 bridgehead atoms. The molecule has 0 saturated heterocycles. The number of methoxy groups -OCH3 is 1. The number of anilines is 1. The second-order valence-electron chi connectivity index (χ2n) is 3.92. The van der Waals surface area contributed by atoms with Crippen molar-refractivity contribution in [3.05, 3.63) is 42.0 Å². The molecule has 2 aromatic rings. The van der Waals surface area contributed by atoms with E-state index in [1.165, 1.54) is 0 Å². The summed E-state index contributed by atoms with van der Waals surface area (Å²) in [7, 11) is 1.56. The molecule has 0 radical (unpaired) electrons. The number of aromatic nitrogens is 1. The lowest BCUT2D eigenvalue weighted by atomic mass is 10.3. The van der Waals surface area contributed by atoms with Crippen molar-refractivity contribution in [3.8, 4) is 5.75 Å². The van der Waals surface area contributed by atoms with Gasteiger partial charge in [-0.2, -0.15) is 0 Å². The van der Waals surface area contributed by atoms with Gasteiger partial charge >= 0.3 is 0 Å². The van der Waals surface area contributed by atoms with E-state index in [0.29, 0.717) is 12.3 Å². The minimum absolute atomic E-state index is 0.0549. The lowest BCUT2D eigenvalue weighted by molar-refractivity contribution is 0.413. The number of nitrogens with zero attached hydrogens (tertiary/aromatic N) is 1. The fraction of sp³-hybridized carbons (Fsp3) is 0.214. The van der Waals surface area contributed by atoms with Crippen molar-refractivity contribution in [2.45, 2.75) is 16.8 Å². The standard InChI is InChI=1S/C14H14F2N2OS/c1-3-17-13-11(15)8-12(16)14(18-13)20-10-6-4-5-9(7-10)19-2/h4-8H,3H2,1-2H3,(H,17,18). The van der Waals surface area contributed by atoms with Crippen molar-refractivity contribution < 1.29 is 13.5 Å². The predicted octanol–water partition coefficient (Wildman–Crippen LogP) is 3.95. The number of hydrogen-bond donors (Lipinski definition) is 1. The minimum atomic E-state index is -0.695. The van der Waals surface area contributed by atoms with Gasteiger partial charge in [0.2, 0.25) is 0 Å². The lowest BCUT2D eigenvalue weighted by Gasteiger charge is -2.08. The second kappa shape index (κ2) is 6.56. The Morgan fingerprint density at radius 2 is 2.05 bits per heavy atom. The quantitative estimate of drug-likeness (QED) is 0.906. The molecule has 6 heteroatoms. The highest BCUT2D eigenvalue weighted by atomic mass is 32.2.